The van der Waals surface area contributed by atoms with Gasteiger partial charge in [0.2, 0.25) is 0 Å². The number of carbonyl (C=O) groups excluding carboxylic acids is 2. The minimum absolute atomic E-state index is 0.136. The van der Waals surface area contributed by atoms with Gasteiger partial charge in [0.05, 0.1) is 13.7 Å². The topological polar surface area (TPSA) is 55.8 Å². The van der Waals surface area contributed by atoms with E-state index in [1.807, 2.05) is 0 Å². The lowest BCUT2D eigenvalue weighted by atomic mass is 10.1. The molecule has 0 unspecified atom stereocenters. The number of hydrogen-bond donors (Lipinski definition) is 0. The predicted molar refractivity (Wildman–Crippen MR) is 71.2 cm³/mol. The van der Waals surface area contributed by atoms with Crippen LogP contribution in [0.4, 0.5) is 4.39 Å². The Morgan fingerprint density at radius 2 is 2.00 bits per heavy atom. The fourth-order valence-corrected chi connectivity index (χ4v) is 1.73. The number of nitrogens with zero attached hydrogens (tertiary/aromatic N) is 1. The van der Waals surface area contributed by atoms with Crippen LogP contribution >= 0.6 is 0 Å². The molecule has 0 aromatic heterocycles. The van der Waals surface area contributed by atoms with E-state index in [1.165, 1.54) is 30.2 Å². The molecule has 0 bridgehead atoms. The molecule has 1 amide bonds. The molecule has 1 aromatic rings. The molecule has 0 aliphatic heterocycles. The molecule has 0 spiro atoms. The molecule has 5 nitrogen and oxygen atoms in total. The second kappa shape index (κ2) is 7.47. The summed E-state index contributed by atoms with van der Waals surface area (Å²) in [7, 11) is 1.35. The molecule has 1 rings (SSSR count). The van der Waals surface area contributed by atoms with Gasteiger partial charge in [0.25, 0.3) is 5.91 Å². The first-order chi connectivity index (χ1) is 9.54. The smallest absolute Gasteiger partial charge is 0.325 e. The van der Waals surface area contributed by atoms with E-state index in [1.54, 1.807) is 13.8 Å². The van der Waals surface area contributed by atoms with Crippen LogP contribution in [0.25, 0.3) is 0 Å². The van der Waals surface area contributed by atoms with E-state index < -0.39 is 17.7 Å². The number of ether oxygens (including phenoxy) is 2. The summed E-state index contributed by atoms with van der Waals surface area (Å²) in [5.41, 5.74) is -0.179. The molecule has 0 heterocycles. The number of benzene rings is 1. The van der Waals surface area contributed by atoms with Gasteiger partial charge in [-0.2, -0.15) is 0 Å². The maximum Gasteiger partial charge on any atom is 0.325 e. The molecule has 1 aromatic carbocycles. The van der Waals surface area contributed by atoms with E-state index in [9.17, 15) is 14.0 Å². The van der Waals surface area contributed by atoms with Crippen molar-refractivity contribution >= 4 is 11.9 Å². The van der Waals surface area contributed by atoms with Crippen molar-refractivity contribution in [2.45, 2.75) is 13.8 Å². The van der Waals surface area contributed by atoms with E-state index in [4.69, 9.17) is 9.47 Å². The van der Waals surface area contributed by atoms with Crippen LogP contribution in [0.15, 0.2) is 18.2 Å². The second-order valence-corrected chi connectivity index (χ2v) is 3.94. The molecule has 6 heteroatoms. The molecule has 0 N–H and O–H groups in total. The molecule has 0 aliphatic carbocycles. The third-order valence-corrected chi connectivity index (χ3v) is 2.70. The first-order valence-electron chi connectivity index (χ1n) is 6.32. The highest BCUT2D eigenvalue weighted by Gasteiger charge is 2.24. The number of esters is 1. The van der Waals surface area contributed by atoms with Crippen molar-refractivity contribution in [1.82, 2.24) is 4.90 Å². The SMILES string of the molecule is CCOC(=O)CN(CC)C(=O)c1c(F)cccc1OC. The van der Waals surface area contributed by atoms with E-state index in [0.29, 0.717) is 0 Å². The van der Waals surface area contributed by atoms with E-state index in [2.05, 4.69) is 0 Å². The van der Waals surface area contributed by atoms with Gasteiger partial charge in [-0.25, -0.2) is 4.39 Å². The van der Waals surface area contributed by atoms with Crippen LogP contribution in [0, 0.1) is 5.82 Å². The average molecular weight is 283 g/mol. The maximum atomic E-state index is 13.8. The largest absolute Gasteiger partial charge is 0.496 e. The summed E-state index contributed by atoms with van der Waals surface area (Å²) >= 11 is 0. The highest BCUT2D eigenvalue weighted by molar-refractivity contribution is 5.98. The lowest BCUT2D eigenvalue weighted by molar-refractivity contribution is -0.143. The lowest BCUT2D eigenvalue weighted by Crippen LogP contribution is -2.37. The summed E-state index contributed by atoms with van der Waals surface area (Å²) in [6.07, 6.45) is 0. The number of rotatable bonds is 6. The molecule has 0 saturated heterocycles. The van der Waals surface area contributed by atoms with Crippen molar-refractivity contribution in [3.05, 3.63) is 29.6 Å². The van der Waals surface area contributed by atoms with Gasteiger partial charge in [0.1, 0.15) is 23.7 Å². The summed E-state index contributed by atoms with van der Waals surface area (Å²) in [6, 6.07) is 4.12. The van der Waals surface area contributed by atoms with Crippen molar-refractivity contribution in [2.24, 2.45) is 0 Å². The monoisotopic (exact) mass is 283 g/mol. The Labute approximate surface area is 117 Å². The van der Waals surface area contributed by atoms with Gasteiger partial charge in [0.15, 0.2) is 0 Å². The van der Waals surface area contributed by atoms with E-state index in [0.717, 1.165) is 0 Å². The first kappa shape index (κ1) is 15.9. The Hall–Kier alpha value is -2.11. The zero-order valence-corrected chi connectivity index (χ0v) is 11.8. The number of hydrogen-bond acceptors (Lipinski definition) is 4. The molecule has 0 atom stereocenters. The lowest BCUT2D eigenvalue weighted by Gasteiger charge is -2.21. The highest BCUT2D eigenvalue weighted by Crippen LogP contribution is 2.22. The molecular formula is C14H18FNO4. The highest BCUT2D eigenvalue weighted by atomic mass is 19.1. The minimum Gasteiger partial charge on any atom is -0.496 e. The first-order valence-corrected chi connectivity index (χ1v) is 6.32. The van der Waals surface area contributed by atoms with Crippen molar-refractivity contribution < 1.29 is 23.5 Å². The number of likely N-dealkylation sites (N-methyl/N-ethyl adjacent to an activating group) is 1. The summed E-state index contributed by atoms with van der Waals surface area (Å²) in [5.74, 6) is -1.68. The molecule has 0 radical (unpaired) electrons. The zero-order chi connectivity index (χ0) is 15.1. The summed E-state index contributed by atoms with van der Waals surface area (Å²) in [4.78, 5) is 25.0. The van der Waals surface area contributed by atoms with Crippen molar-refractivity contribution in [3.63, 3.8) is 0 Å². The van der Waals surface area contributed by atoms with Crippen LogP contribution in [0.5, 0.6) is 5.75 Å². The molecule has 110 valence electrons. The van der Waals surface area contributed by atoms with Crippen LogP contribution in [0.1, 0.15) is 24.2 Å². The molecule has 0 saturated carbocycles. The normalized spacial score (nSPS) is 10.0. The Bertz CT molecular complexity index is 490. The van der Waals surface area contributed by atoms with Gasteiger partial charge >= 0.3 is 5.97 Å². The summed E-state index contributed by atoms with van der Waals surface area (Å²) in [5, 5.41) is 0. The van der Waals surface area contributed by atoms with Gasteiger partial charge in [-0.3, -0.25) is 9.59 Å². The predicted octanol–water partition coefficient (Wildman–Crippen LogP) is 1.86. The Balaban J connectivity index is 3.00. The average Bonchev–Trinajstić information content (AvgIpc) is 2.44. The summed E-state index contributed by atoms with van der Waals surface area (Å²) in [6.45, 7) is 3.64. The number of halogens is 1. The fraction of sp³-hybridized carbons (Fsp3) is 0.429. The third-order valence-electron chi connectivity index (χ3n) is 2.70. The van der Waals surface area contributed by atoms with Gasteiger partial charge in [-0.15, -0.1) is 0 Å². The molecule has 20 heavy (non-hydrogen) atoms. The van der Waals surface area contributed by atoms with E-state index >= 15 is 0 Å². The third kappa shape index (κ3) is 3.69. The van der Waals surface area contributed by atoms with Crippen molar-refractivity contribution in [1.29, 1.82) is 0 Å². The van der Waals surface area contributed by atoms with Gasteiger partial charge in [0, 0.05) is 6.54 Å². The van der Waals surface area contributed by atoms with Crippen LogP contribution in [-0.4, -0.2) is 43.6 Å². The zero-order valence-electron chi connectivity index (χ0n) is 11.8. The van der Waals surface area contributed by atoms with Gasteiger partial charge in [-0.1, -0.05) is 6.07 Å². The Morgan fingerprint density at radius 3 is 2.55 bits per heavy atom. The maximum absolute atomic E-state index is 13.8. The van der Waals surface area contributed by atoms with Crippen LogP contribution < -0.4 is 4.74 Å². The standard InChI is InChI=1S/C14H18FNO4/c1-4-16(9-12(17)20-5-2)14(18)13-10(15)7-6-8-11(13)19-3/h6-8H,4-5,9H2,1-3H3. The minimum atomic E-state index is -0.684. The number of methoxy groups -OCH3 is 1. The van der Waals surface area contributed by atoms with Gasteiger partial charge < -0.3 is 14.4 Å². The second-order valence-electron chi connectivity index (χ2n) is 3.94. The van der Waals surface area contributed by atoms with Crippen molar-refractivity contribution in [3.8, 4) is 5.75 Å². The number of carbonyl (C=O) groups is 2. The fourth-order valence-electron chi connectivity index (χ4n) is 1.73. The molecule has 0 fully saturated rings. The quantitative estimate of drug-likeness (QED) is 0.748. The van der Waals surface area contributed by atoms with Gasteiger partial charge in [-0.05, 0) is 26.0 Å². The van der Waals surface area contributed by atoms with E-state index in [-0.39, 0.29) is 31.0 Å². The Kier molecular flexibility index (Phi) is 5.96. The summed E-state index contributed by atoms with van der Waals surface area (Å²) < 4.78 is 23.6. The molecular weight excluding hydrogens is 265 g/mol. The van der Waals surface area contributed by atoms with Crippen LogP contribution in [0.3, 0.4) is 0 Å². The Morgan fingerprint density at radius 1 is 1.30 bits per heavy atom. The van der Waals surface area contributed by atoms with Crippen molar-refractivity contribution in [2.75, 3.05) is 26.8 Å². The van der Waals surface area contributed by atoms with Crippen LogP contribution in [0.2, 0.25) is 0 Å². The number of amides is 1. The van der Waals surface area contributed by atoms with Crippen LogP contribution in [-0.2, 0) is 9.53 Å². The molecule has 0 aliphatic rings.